The van der Waals surface area contributed by atoms with E-state index in [4.69, 9.17) is 9.47 Å². The lowest BCUT2D eigenvalue weighted by Crippen LogP contribution is -2.36. The summed E-state index contributed by atoms with van der Waals surface area (Å²) < 4.78 is 37.2. The Labute approximate surface area is 119 Å². The van der Waals surface area contributed by atoms with Gasteiger partial charge in [-0.2, -0.15) is 0 Å². The summed E-state index contributed by atoms with van der Waals surface area (Å²) in [4.78, 5) is 0. The van der Waals surface area contributed by atoms with Crippen LogP contribution in [0.1, 0.15) is 18.4 Å². The normalized spacial score (nSPS) is 21.9. The van der Waals surface area contributed by atoms with Crippen LogP contribution in [0.3, 0.4) is 0 Å². The highest BCUT2D eigenvalue weighted by Gasteiger charge is 2.36. The molecule has 0 bridgehead atoms. The third kappa shape index (κ3) is 2.91. The fourth-order valence-electron chi connectivity index (χ4n) is 2.40. The fourth-order valence-corrected chi connectivity index (χ4v) is 3.86. The first-order chi connectivity index (χ1) is 9.58. The summed E-state index contributed by atoms with van der Waals surface area (Å²) in [5, 5.41) is -0.163. The predicted octanol–water partition coefficient (Wildman–Crippen LogP) is 1.33. The first-order valence-corrected chi connectivity index (χ1v) is 8.41. The van der Waals surface area contributed by atoms with Gasteiger partial charge in [0.05, 0.1) is 19.0 Å². The second-order valence-corrected chi connectivity index (χ2v) is 7.49. The van der Waals surface area contributed by atoms with E-state index in [0.717, 1.165) is 36.3 Å². The van der Waals surface area contributed by atoms with Crippen molar-refractivity contribution in [2.24, 2.45) is 5.92 Å². The zero-order valence-electron chi connectivity index (χ0n) is 11.5. The maximum atomic E-state index is 11.8. The number of nitrogens with one attached hydrogen (secondary N) is 1. The van der Waals surface area contributed by atoms with E-state index < -0.39 is 10.0 Å². The molecule has 2 aliphatic rings. The van der Waals surface area contributed by atoms with Crippen LogP contribution in [-0.4, -0.2) is 33.9 Å². The van der Waals surface area contributed by atoms with Crippen LogP contribution in [0.25, 0.3) is 0 Å². The second kappa shape index (κ2) is 5.26. The first kappa shape index (κ1) is 13.7. The number of fused-ring (bicyclic) bond motifs is 1. The number of methoxy groups -OCH3 is 1. The van der Waals surface area contributed by atoms with Crippen molar-refractivity contribution in [2.75, 3.05) is 20.3 Å². The Bertz CT molecular complexity index is 595. The van der Waals surface area contributed by atoms with Gasteiger partial charge in [-0.1, -0.05) is 6.07 Å². The second-order valence-electron chi connectivity index (χ2n) is 5.45. The Morgan fingerprint density at radius 1 is 1.40 bits per heavy atom. The Balaban J connectivity index is 1.61. The molecule has 0 spiro atoms. The molecule has 5 nitrogen and oxygen atoms in total. The minimum atomic E-state index is -3.10. The number of sulfonamides is 1. The number of ether oxygens (including phenoxy) is 2. The number of benzene rings is 1. The molecule has 1 N–H and O–H groups in total. The highest BCUT2D eigenvalue weighted by atomic mass is 32.2. The van der Waals surface area contributed by atoms with E-state index in [9.17, 15) is 8.42 Å². The highest BCUT2D eigenvalue weighted by molar-refractivity contribution is 7.90. The summed E-state index contributed by atoms with van der Waals surface area (Å²) in [6.07, 6.45) is 2.41. The zero-order valence-corrected chi connectivity index (χ0v) is 12.3. The summed E-state index contributed by atoms with van der Waals surface area (Å²) in [5.41, 5.74) is 1.10. The van der Waals surface area contributed by atoms with Crippen LogP contribution < -0.4 is 14.2 Å². The summed E-state index contributed by atoms with van der Waals surface area (Å²) >= 11 is 0. The van der Waals surface area contributed by atoms with Gasteiger partial charge < -0.3 is 9.47 Å². The minimum absolute atomic E-state index is 0.163. The first-order valence-electron chi connectivity index (χ1n) is 6.86. The molecule has 1 atom stereocenters. The standard InChI is InChI=1S/C14H19NO4S/c1-18-12-3-2-11-6-10(9-19-14(11)7-12)8-15-20(16,17)13-4-5-13/h2-3,7,10,13,15H,4-6,8-9H2,1H3/t10-/m1/s1. The van der Waals surface area contributed by atoms with Gasteiger partial charge in [0.15, 0.2) is 0 Å². The topological polar surface area (TPSA) is 64.6 Å². The third-order valence-corrected chi connectivity index (χ3v) is 5.71. The monoisotopic (exact) mass is 297 g/mol. The average Bonchev–Trinajstić information content (AvgIpc) is 3.29. The maximum Gasteiger partial charge on any atom is 0.214 e. The van der Waals surface area contributed by atoms with Gasteiger partial charge in [0.1, 0.15) is 11.5 Å². The quantitative estimate of drug-likeness (QED) is 0.890. The van der Waals surface area contributed by atoms with E-state index in [1.54, 1.807) is 7.11 Å². The van der Waals surface area contributed by atoms with Crippen molar-refractivity contribution in [3.05, 3.63) is 23.8 Å². The Morgan fingerprint density at radius 2 is 2.20 bits per heavy atom. The van der Waals surface area contributed by atoms with Crippen LogP contribution >= 0.6 is 0 Å². The van der Waals surface area contributed by atoms with E-state index in [-0.39, 0.29) is 11.2 Å². The molecule has 1 aliphatic carbocycles. The molecule has 0 amide bonds. The van der Waals surface area contributed by atoms with E-state index in [1.807, 2.05) is 18.2 Å². The molecule has 20 heavy (non-hydrogen) atoms. The summed E-state index contributed by atoms with van der Waals surface area (Å²) in [6.45, 7) is 0.984. The Morgan fingerprint density at radius 3 is 2.90 bits per heavy atom. The van der Waals surface area contributed by atoms with E-state index in [0.29, 0.717) is 13.2 Å². The van der Waals surface area contributed by atoms with Crippen molar-refractivity contribution in [3.63, 3.8) is 0 Å². The molecule has 110 valence electrons. The lowest BCUT2D eigenvalue weighted by Gasteiger charge is -2.25. The molecular weight excluding hydrogens is 278 g/mol. The van der Waals surface area contributed by atoms with Crippen molar-refractivity contribution in [3.8, 4) is 11.5 Å². The smallest absolute Gasteiger partial charge is 0.214 e. The van der Waals surface area contributed by atoms with Gasteiger partial charge >= 0.3 is 0 Å². The predicted molar refractivity (Wildman–Crippen MR) is 75.6 cm³/mol. The van der Waals surface area contributed by atoms with Crippen LogP contribution in [0.5, 0.6) is 11.5 Å². The molecule has 1 aromatic rings. The molecule has 6 heteroatoms. The molecule has 3 rings (SSSR count). The van der Waals surface area contributed by atoms with Gasteiger partial charge in [-0.05, 0) is 30.9 Å². The van der Waals surface area contributed by atoms with Crippen molar-refractivity contribution in [2.45, 2.75) is 24.5 Å². The zero-order chi connectivity index (χ0) is 14.2. The number of hydrogen-bond acceptors (Lipinski definition) is 4. The van der Waals surface area contributed by atoms with Crippen LogP contribution in [0.2, 0.25) is 0 Å². The van der Waals surface area contributed by atoms with Gasteiger partial charge in [-0.15, -0.1) is 0 Å². The fraction of sp³-hybridized carbons (Fsp3) is 0.571. The van der Waals surface area contributed by atoms with Crippen molar-refractivity contribution in [1.29, 1.82) is 0 Å². The molecular formula is C14H19NO4S. The van der Waals surface area contributed by atoms with Crippen LogP contribution in [0, 0.1) is 5.92 Å². The van der Waals surface area contributed by atoms with Gasteiger partial charge in [0, 0.05) is 18.5 Å². The third-order valence-electron chi connectivity index (χ3n) is 3.79. The van der Waals surface area contributed by atoms with E-state index in [1.165, 1.54) is 0 Å². The molecule has 1 fully saturated rings. The largest absolute Gasteiger partial charge is 0.497 e. The van der Waals surface area contributed by atoms with Gasteiger partial charge in [-0.3, -0.25) is 0 Å². The lowest BCUT2D eigenvalue weighted by atomic mass is 9.97. The van der Waals surface area contributed by atoms with Gasteiger partial charge in [0.25, 0.3) is 0 Å². The minimum Gasteiger partial charge on any atom is -0.497 e. The number of hydrogen-bond donors (Lipinski definition) is 1. The molecule has 0 aromatic heterocycles. The maximum absolute atomic E-state index is 11.8. The van der Waals surface area contributed by atoms with Crippen LogP contribution in [0.4, 0.5) is 0 Å². The van der Waals surface area contributed by atoms with E-state index >= 15 is 0 Å². The van der Waals surface area contributed by atoms with Crippen molar-refractivity contribution >= 4 is 10.0 Å². The van der Waals surface area contributed by atoms with Gasteiger partial charge in [0.2, 0.25) is 10.0 Å². The summed E-state index contributed by atoms with van der Waals surface area (Å²) in [6, 6.07) is 5.76. The molecule has 0 unspecified atom stereocenters. The highest BCUT2D eigenvalue weighted by Crippen LogP contribution is 2.31. The molecule has 1 aliphatic heterocycles. The molecule has 0 radical (unpaired) electrons. The average molecular weight is 297 g/mol. The molecule has 1 saturated carbocycles. The number of rotatable bonds is 5. The van der Waals surface area contributed by atoms with Crippen LogP contribution in [-0.2, 0) is 16.4 Å². The molecule has 0 saturated heterocycles. The molecule has 1 heterocycles. The lowest BCUT2D eigenvalue weighted by molar-refractivity contribution is 0.222. The Kier molecular flexibility index (Phi) is 3.60. The van der Waals surface area contributed by atoms with Crippen molar-refractivity contribution < 1.29 is 17.9 Å². The Hall–Kier alpha value is -1.27. The van der Waals surface area contributed by atoms with Crippen LogP contribution in [0.15, 0.2) is 18.2 Å². The SMILES string of the molecule is COc1ccc2c(c1)OC[C@@H](CNS(=O)(=O)C1CC1)C2. The summed E-state index contributed by atoms with van der Waals surface area (Å²) in [5.74, 6) is 1.80. The van der Waals surface area contributed by atoms with Gasteiger partial charge in [-0.25, -0.2) is 13.1 Å². The van der Waals surface area contributed by atoms with Crippen molar-refractivity contribution in [1.82, 2.24) is 4.72 Å². The molecule has 1 aromatic carbocycles. The summed E-state index contributed by atoms with van der Waals surface area (Å²) in [7, 11) is -1.48. The van der Waals surface area contributed by atoms with E-state index in [2.05, 4.69) is 4.72 Å².